The molecular weight excluding hydrogens is 424 g/mol. The van der Waals surface area contributed by atoms with E-state index in [4.69, 9.17) is 9.57 Å². The monoisotopic (exact) mass is 452 g/mol. The molecule has 5 rings (SSSR count). The second-order valence-corrected chi connectivity index (χ2v) is 9.71. The number of fused-ring (bicyclic) bond motifs is 5. The lowest BCUT2D eigenvalue weighted by Gasteiger charge is -2.50. The summed E-state index contributed by atoms with van der Waals surface area (Å²) in [4.78, 5) is 16.3. The molecule has 2 N–H and O–H groups in total. The molecule has 0 bridgehead atoms. The Morgan fingerprint density at radius 2 is 2.03 bits per heavy atom. The molecule has 0 aromatic heterocycles. The van der Waals surface area contributed by atoms with E-state index >= 15 is 0 Å². The maximum atomic E-state index is 11.1. The molecule has 8 nitrogen and oxygen atoms in total. The van der Waals surface area contributed by atoms with E-state index in [0.717, 1.165) is 36.8 Å². The molecule has 1 unspecified atom stereocenters. The van der Waals surface area contributed by atoms with E-state index < -0.39 is 4.92 Å². The Labute approximate surface area is 192 Å². The van der Waals surface area contributed by atoms with Gasteiger partial charge in [0.25, 0.3) is 5.69 Å². The number of aromatic hydroxyl groups is 1. The van der Waals surface area contributed by atoms with Gasteiger partial charge < -0.3 is 19.8 Å². The minimum atomic E-state index is -0.473. The Morgan fingerprint density at radius 3 is 2.79 bits per heavy atom. The van der Waals surface area contributed by atoms with E-state index in [2.05, 4.69) is 12.1 Å². The largest absolute Gasteiger partial charge is 0.504 e. The third kappa shape index (κ3) is 3.53. The first-order chi connectivity index (χ1) is 15.8. The molecule has 2 saturated carbocycles. The highest BCUT2D eigenvalue weighted by atomic mass is 16.6. The van der Waals surface area contributed by atoms with Crippen molar-refractivity contribution in [3.63, 3.8) is 0 Å². The number of aliphatic hydroxyl groups excluding tert-OH is 1. The number of phenols is 1. The molecule has 0 radical (unpaired) electrons. The van der Waals surface area contributed by atoms with E-state index in [0.29, 0.717) is 23.8 Å². The van der Waals surface area contributed by atoms with Crippen molar-refractivity contribution in [2.24, 2.45) is 22.4 Å². The minimum Gasteiger partial charge on any atom is -0.504 e. The first kappa shape index (κ1) is 21.7. The van der Waals surface area contributed by atoms with Crippen molar-refractivity contribution < 1.29 is 24.7 Å². The standard InChI is InChI=1S/C25H28N2O6/c1-25-9-8-16-17-13-23(32-2)22(28)12-19(17)21(11-18(16)20(25)6-7-24(25)29)26-33-15-5-3-4-14(10-15)27(30)31/h3-5,10,12-13,16,18,20,24,28-29H,6-9,11H2,1-2H3/t16-,18-,20+,24?,25+/m1/s1. The molecule has 5 atom stereocenters. The van der Waals surface area contributed by atoms with Gasteiger partial charge in [0, 0.05) is 11.6 Å². The molecule has 3 aliphatic carbocycles. The van der Waals surface area contributed by atoms with Crippen LogP contribution in [0.4, 0.5) is 5.69 Å². The van der Waals surface area contributed by atoms with Crippen LogP contribution < -0.4 is 9.57 Å². The molecule has 0 spiro atoms. The lowest BCUT2D eigenvalue weighted by molar-refractivity contribution is -0.384. The Morgan fingerprint density at radius 1 is 1.21 bits per heavy atom. The molecule has 2 aromatic rings. The van der Waals surface area contributed by atoms with Gasteiger partial charge in [0.15, 0.2) is 17.2 Å². The molecule has 2 fully saturated rings. The highest BCUT2D eigenvalue weighted by Crippen LogP contribution is 2.61. The molecule has 174 valence electrons. The molecule has 0 heterocycles. The fourth-order valence-corrected chi connectivity index (χ4v) is 6.42. The highest BCUT2D eigenvalue weighted by Gasteiger charge is 2.55. The summed E-state index contributed by atoms with van der Waals surface area (Å²) in [6.07, 6.45) is 4.06. The van der Waals surface area contributed by atoms with Crippen LogP contribution in [-0.2, 0) is 0 Å². The molecule has 0 saturated heterocycles. The Bertz CT molecular complexity index is 1130. The molecule has 33 heavy (non-hydrogen) atoms. The number of hydrogen-bond acceptors (Lipinski definition) is 7. The average Bonchev–Trinajstić information content (AvgIpc) is 3.11. The quantitative estimate of drug-likeness (QED) is 0.510. The van der Waals surface area contributed by atoms with Gasteiger partial charge in [-0.1, -0.05) is 18.1 Å². The highest BCUT2D eigenvalue weighted by molar-refractivity contribution is 6.03. The number of non-ortho nitro benzene ring substituents is 1. The Balaban J connectivity index is 1.55. The third-order valence-corrected chi connectivity index (χ3v) is 8.17. The number of phenolic OH excluding ortho intramolecular Hbond substituents is 1. The van der Waals surface area contributed by atoms with Gasteiger partial charge in [-0.05, 0) is 79.0 Å². The summed E-state index contributed by atoms with van der Waals surface area (Å²) in [5.41, 5.74) is 2.42. The Kier molecular flexibility index (Phi) is 5.28. The van der Waals surface area contributed by atoms with E-state index in [1.165, 1.54) is 19.2 Å². The third-order valence-electron chi connectivity index (χ3n) is 8.17. The van der Waals surface area contributed by atoms with E-state index in [1.54, 1.807) is 18.2 Å². The zero-order chi connectivity index (χ0) is 23.3. The Hall–Kier alpha value is -3.13. The maximum absolute atomic E-state index is 11.1. The van der Waals surface area contributed by atoms with Gasteiger partial charge in [0.05, 0.1) is 29.9 Å². The number of nitro benzene ring substituents is 1. The number of aliphatic hydroxyl groups is 1. The zero-order valence-electron chi connectivity index (χ0n) is 18.7. The van der Waals surface area contributed by atoms with Crippen molar-refractivity contribution >= 4 is 11.4 Å². The van der Waals surface area contributed by atoms with Gasteiger partial charge in [-0.3, -0.25) is 10.1 Å². The maximum Gasteiger partial charge on any atom is 0.273 e. The number of rotatable bonds is 4. The van der Waals surface area contributed by atoms with E-state index in [1.807, 2.05) is 6.07 Å². The summed E-state index contributed by atoms with van der Waals surface area (Å²) in [6, 6.07) is 9.50. The molecule has 0 amide bonds. The first-order valence-electron chi connectivity index (χ1n) is 11.4. The van der Waals surface area contributed by atoms with Crippen LogP contribution in [0, 0.1) is 27.4 Å². The van der Waals surface area contributed by atoms with Crippen molar-refractivity contribution in [1.29, 1.82) is 0 Å². The number of oxime groups is 1. The molecule has 2 aromatic carbocycles. The van der Waals surface area contributed by atoms with Gasteiger partial charge in [0.2, 0.25) is 0 Å². The minimum absolute atomic E-state index is 0.0367. The van der Waals surface area contributed by atoms with Crippen LogP contribution >= 0.6 is 0 Å². The summed E-state index contributed by atoms with van der Waals surface area (Å²) < 4.78 is 5.39. The summed E-state index contributed by atoms with van der Waals surface area (Å²) in [6.45, 7) is 2.20. The number of nitro groups is 1. The fourth-order valence-electron chi connectivity index (χ4n) is 6.42. The number of ether oxygens (including phenoxy) is 1. The van der Waals surface area contributed by atoms with Gasteiger partial charge >= 0.3 is 0 Å². The predicted octanol–water partition coefficient (Wildman–Crippen LogP) is 4.77. The van der Waals surface area contributed by atoms with Crippen molar-refractivity contribution in [2.45, 2.75) is 51.0 Å². The summed E-state index contributed by atoms with van der Waals surface area (Å²) in [5.74, 6) is 1.68. The fraction of sp³-hybridized carbons (Fsp3) is 0.480. The number of methoxy groups -OCH3 is 1. The van der Waals surface area contributed by atoms with Gasteiger partial charge in [-0.25, -0.2) is 0 Å². The summed E-state index contributed by atoms with van der Waals surface area (Å²) >= 11 is 0. The normalized spacial score (nSPS) is 31.4. The van der Waals surface area contributed by atoms with Crippen molar-refractivity contribution in [3.05, 3.63) is 57.6 Å². The lowest BCUT2D eigenvalue weighted by Crippen LogP contribution is -2.45. The number of benzene rings is 2. The van der Waals surface area contributed by atoms with Crippen LogP contribution in [0.15, 0.2) is 41.6 Å². The molecule has 8 heteroatoms. The SMILES string of the molecule is COc1cc2c(cc1O)C(=NOc1cccc([N+](=O)[O-])c1)C[C@@H]1[C@@H]2CC[C@]2(C)C(O)CC[C@@H]12. The number of nitrogens with zero attached hydrogens (tertiary/aromatic N) is 2. The van der Waals surface area contributed by atoms with Crippen LogP contribution in [0.1, 0.15) is 56.1 Å². The van der Waals surface area contributed by atoms with E-state index in [-0.39, 0.29) is 40.5 Å². The van der Waals surface area contributed by atoms with E-state index in [9.17, 15) is 20.3 Å². The second-order valence-electron chi connectivity index (χ2n) is 9.71. The summed E-state index contributed by atoms with van der Waals surface area (Å²) in [5, 5.41) is 36.7. The van der Waals surface area contributed by atoms with Crippen molar-refractivity contribution in [3.8, 4) is 17.2 Å². The van der Waals surface area contributed by atoms with Crippen LogP contribution in [-0.4, -0.2) is 34.1 Å². The van der Waals surface area contributed by atoms with Crippen molar-refractivity contribution in [2.75, 3.05) is 7.11 Å². The molecular formula is C25H28N2O6. The van der Waals surface area contributed by atoms with Crippen LogP contribution in [0.2, 0.25) is 0 Å². The van der Waals surface area contributed by atoms with Gasteiger partial charge in [0.1, 0.15) is 0 Å². The molecule has 3 aliphatic rings. The molecule has 0 aliphatic heterocycles. The topological polar surface area (TPSA) is 114 Å². The van der Waals surface area contributed by atoms with Gasteiger partial charge in [-0.15, -0.1) is 0 Å². The van der Waals surface area contributed by atoms with Gasteiger partial charge in [-0.2, -0.15) is 0 Å². The van der Waals surface area contributed by atoms with Crippen LogP contribution in [0.25, 0.3) is 0 Å². The van der Waals surface area contributed by atoms with Crippen LogP contribution in [0.5, 0.6) is 17.2 Å². The summed E-state index contributed by atoms with van der Waals surface area (Å²) in [7, 11) is 1.54. The van der Waals surface area contributed by atoms with Crippen LogP contribution in [0.3, 0.4) is 0 Å². The predicted molar refractivity (Wildman–Crippen MR) is 122 cm³/mol. The first-order valence-corrected chi connectivity index (χ1v) is 11.4. The number of hydrogen-bond donors (Lipinski definition) is 2. The smallest absolute Gasteiger partial charge is 0.273 e. The van der Waals surface area contributed by atoms with Crippen molar-refractivity contribution in [1.82, 2.24) is 0 Å². The lowest BCUT2D eigenvalue weighted by atomic mass is 9.55. The zero-order valence-corrected chi connectivity index (χ0v) is 18.7. The average molecular weight is 453 g/mol. The second kappa shape index (κ2) is 8.02.